The largest absolute Gasteiger partial charge is 0.354 e. The number of hydrogen-bond acceptors (Lipinski definition) is 3. The average molecular weight is 234 g/mol. The van der Waals surface area contributed by atoms with Crippen LogP contribution in [0.2, 0.25) is 0 Å². The van der Waals surface area contributed by atoms with E-state index in [1.54, 1.807) is 0 Å². The molecule has 1 aromatic heterocycles. The summed E-state index contributed by atoms with van der Waals surface area (Å²) in [7, 11) is 0. The van der Waals surface area contributed by atoms with Crippen molar-refractivity contribution < 1.29 is 0 Å². The molecule has 1 saturated heterocycles. The number of anilines is 1. The zero-order chi connectivity index (χ0) is 11.7. The van der Waals surface area contributed by atoms with Crippen molar-refractivity contribution in [2.24, 2.45) is 0 Å². The lowest BCUT2D eigenvalue weighted by Crippen LogP contribution is -2.35. The second-order valence-corrected chi connectivity index (χ2v) is 5.19. The normalized spacial score (nSPS) is 25.4. The third-order valence-corrected chi connectivity index (χ3v) is 4.01. The maximum atomic E-state index is 4.42. The Morgan fingerprint density at radius 2 is 2.29 bits per heavy atom. The lowest BCUT2D eigenvalue weighted by atomic mass is 10.2. The quantitative estimate of drug-likeness (QED) is 0.847. The van der Waals surface area contributed by atoms with Crippen LogP contribution in [-0.2, 0) is 0 Å². The van der Waals surface area contributed by atoms with Crippen LogP contribution in [0.5, 0.6) is 0 Å². The predicted molar refractivity (Wildman–Crippen MR) is 69.3 cm³/mol. The van der Waals surface area contributed by atoms with E-state index in [9.17, 15) is 0 Å². The first-order valence-electron chi connectivity index (χ1n) is 6.89. The van der Waals surface area contributed by atoms with E-state index in [1.807, 2.05) is 6.20 Å². The molecule has 1 N–H and O–H groups in total. The Kier molecular flexibility index (Phi) is 3.05. The molecule has 1 atom stereocenters. The molecule has 0 radical (unpaired) electrons. The summed E-state index contributed by atoms with van der Waals surface area (Å²) < 4.78 is 2.30. The zero-order valence-corrected chi connectivity index (χ0v) is 10.6. The Bertz CT molecular complexity index is 369. The molecule has 2 aliphatic rings. The van der Waals surface area contributed by atoms with Crippen LogP contribution >= 0.6 is 0 Å². The van der Waals surface area contributed by atoms with E-state index < -0.39 is 0 Å². The SMILES string of the molecule is CCN1CCCC1CNc1nccn1C1CC1. The first-order chi connectivity index (χ1) is 8.38. The van der Waals surface area contributed by atoms with E-state index >= 15 is 0 Å². The summed E-state index contributed by atoms with van der Waals surface area (Å²) in [5, 5.41) is 3.53. The Morgan fingerprint density at radius 1 is 1.41 bits per heavy atom. The fraction of sp³-hybridized carbons (Fsp3) is 0.769. The summed E-state index contributed by atoms with van der Waals surface area (Å²) in [6.07, 6.45) is 9.31. The third-order valence-electron chi connectivity index (χ3n) is 4.01. The van der Waals surface area contributed by atoms with E-state index in [1.165, 1.54) is 38.8 Å². The van der Waals surface area contributed by atoms with Gasteiger partial charge in [0, 0.05) is 31.0 Å². The van der Waals surface area contributed by atoms with E-state index in [-0.39, 0.29) is 0 Å². The van der Waals surface area contributed by atoms with Gasteiger partial charge in [-0.3, -0.25) is 4.90 Å². The van der Waals surface area contributed by atoms with Gasteiger partial charge >= 0.3 is 0 Å². The first kappa shape index (κ1) is 11.1. The van der Waals surface area contributed by atoms with Crippen molar-refractivity contribution in [3.8, 4) is 0 Å². The molecular weight excluding hydrogens is 212 g/mol. The van der Waals surface area contributed by atoms with E-state index in [0.717, 1.165) is 12.5 Å². The van der Waals surface area contributed by atoms with E-state index in [2.05, 4.69) is 32.9 Å². The number of nitrogens with zero attached hydrogens (tertiary/aromatic N) is 3. The minimum atomic E-state index is 0.698. The molecule has 0 amide bonds. The highest BCUT2D eigenvalue weighted by Crippen LogP contribution is 2.36. The van der Waals surface area contributed by atoms with Crippen molar-refractivity contribution in [2.75, 3.05) is 25.0 Å². The summed E-state index contributed by atoms with van der Waals surface area (Å²) in [6, 6.07) is 1.41. The molecule has 4 heteroatoms. The monoisotopic (exact) mass is 234 g/mol. The molecule has 0 spiro atoms. The summed E-state index contributed by atoms with van der Waals surface area (Å²) in [5.41, 5.74) is 0. The smallest absolute Gasteiger partial charge is 0.203 e. The number of rotatable bonds is 5. The Morgan fingerprint density at radius 3 is 3.06 bits per heavy atom. The Hall–Kier alpha value is -1.03. The van der Waals surface area contributed by atoms with Crippen molar-refractivity contribution in [2.45, 2.75) is 44.7 Å². The second-order valence-electron chi connectivity index (χ2n) is 5.19. The van der Waals surface area contributed by atoms with Crippen LogP contribution in [0.3, 0.4) is 0 Å². The van der Waals surface area contributed by atoms with Gasteiger partial charge < -0.3 is 9.88 Å². The van der Waals surface area contributed by atoms with Crippen molar-refractivity contribution in [3.05, 3.63) is 12.4 Å². The number of imidazole rings is 1. The maximum Gasteiger partial charge on any atom is 0.203 e. The number of hydrogen-bond donors (Lipinski definition) is 1. The molecule has 2 heterocycles. The van der Waals surface area contributed by atoms with Gasteiger partial charge in [-0.15, -0.1) is 0 Å². The van der Waals surface area contributed by atoms with Gasteiger partial charge in [-0.2, -0.15) is 0 Å². The van der Waals surface area contributed by atoms with Crippen molar-refractivity contribution in [1.29, 1.82) is 0 Å². The summed E-state index contributed by atoms with van der Waals surface area (Å²) in [6.45, 7) is 5.73. The van der Waals surface area contributed by atoms with Gasteiger partial charge in [-0.05, 0) is 38.8 Å². The van der Waals surface area contributed by atoms with Crippen LogP contribution in [0, 0.1) is 0 Å². The summed E-state index contributed by atoms with van der Waals surface area (Å²) in [5.74, 6) is 1.07. The minimum absolute atomic E-state index is 0.698. The maximum absolute atomic E-state index is 4.42. The van der Waals surface area contributed by atoms with Crippen LogP contribution < -0.4 is 5.32 Å². The molecule has 17 heavy (non-hydrogen) atoms. The lowest BCUT2D eigenvalue weighted by molar-refractivity contribution is 0.276. The second kappa shape index (κ2) is 4.69. The molecule has 1 aliphatic carbocycles. The topological polar surface area (TPSA) is 33.1 Å². The Labute approximate surface area is 103 Å². The lowest BCUT2D eigenvalue weighted by Gasteiger charge is -2.23. The van der Waals surface area contributed by atoms with Gasteiger partial charge in [0.05, 0.1) is 0 Å². The highest BCUT2D eigenvalue weighted by molar-refractivity contribution is 5.28. The van der Waals surface area contributed by atoms with Gasteiger partial charge in [0.25, 0.3) is 0 Å². The predicted octanol–water partition coefficient (Wildman–Crippen LogP) is 2.11. The number of nitrogens with one attached hydrogen (secondary N) is 1. The van der Waals surface area contributed by atoms with Crippen LogP contribution in [0.1, 0.15) is 38.6 Å². The molecule has 1 saturated carbocycles. The molecule has 1 unspecified atom stereocenters. The summed E-state index contributed by atoms with van der Waals surface area (Å²) in [4.78, 5) is 6.99. The molecular formula is C13H22N4. The molecule has 3 rings (SSSR count). The molecule has 0 aromatic carbocycles. The molecule has 0 bridgehead atoms. The van der Waals surface area contributed by atoms with Gasteiger partial charge in [-0.25, -0.2) is 4.98 Å². The standard InChI is InChI=1S/C13H22N4/c1-2-16-8-3-4-12(16)10-15-13-14-7-9-17(13)11-5-6-11/h7,9,11-12H,2-6,8,10H2,1H3,(H,14,15). The number of likely N-dealkylation sites (N-methyl/N-ethyl adjacent to an activating group) is 1. The molecule has 94 valence electrons. The van der Waals surface area contributed by atoms with Crippen molar-refractivity contribution in [3.63, 3.8) is 0 Å². The Balaban J connectivity index is 1.57. The molecule has 4 nitrogen and oxygen atoms in total. The third kappa shape index (κ3) is 2.32. The highest BCUT2D eigenvalue weighted by atomic mass is 15.3. The first-order valence-corrected chi connectivity index (χ1v) is 6.89. The average Bonchev–Trinajstić information content (AvgIpc) is 2.93. The van der Waals surface area contributed by atoms with Gasteiger partial charge in [-0.1, -0.05) is 6.92 Å². The van der Waals surface area contributed by atoms with Crippen LogP contribution in [-0.4, -0.2) is 40.1 Å². The number of aromatic nitrogens is 2. The van der Waals surface area contributed by atoms with Gasteiger partial charge in [0.2, 0.25) is 5.95 Å². The number of likely N-dealkylation sites (tertiary alicyclic amines) is 1. The fourth-order valence-electron chi connectivity index (χ4n) is 2.85. The fourth-order valence-corrected chi connectivity index (χ4v) is 2.85. The van der Waals surface area contributed by atoms with Crippen LogP contribution in [0.15, 0.2) is 12.4 Å². The minimum Gasteiger partial charge on any atom is -0.354 e. The van der Waals surface area contributed by atoms with E-state index in [0.29, 0.717) is 12.1 Å². The highest BCUT2D eigenvalue weighted by Gasteiger charge is 2.27. The van der Waals surface area contributed by atoms with E-state index in [4.69, 9.17) is 0 Å². The zero-order valence-electron chi connectivity index (χ0n) is 10.6. The molecule has 2 fully saturated rings. The summed E-state index contributed by atoms with van der Waals surface area (Å²) >= 11 is 0. The molecule has 1 aliphatic heterocycles. The van der Waals surface area contributed by atoms with Gasteiger partial charge in [0.15, 0.2) is 0 Å². The van der Waals surface area contributed by atoms with Gasteiger partial charge in [0.1, 0.15) is 0 Å². The molecule has 1 aromatic rings. The van der Waals surface area contributed by atoms with Crippen molar-refractivity contribution in [1.82, 2.24) is 14.5 Å². The van der Waals surface area contributed by atoms with Crippen LogP contribution in [0.25, 0.3) is 0 Å². The van der Waals surface area contributed by atoms with Crippen molar-refractivity contribution >= 4 is 5.95 Å². The van der Waals surface area contributed by atoms with Crippen LogP contribution in [0.4, 0.5) is 5.95 Å².